The predicted octanol–water partition coefficient (Wildman–Crippen LogP) is -1.28. The maximum atomic E-state index is 11.1. The van der Waals surface area contributed by atoms with Crippen molar-refractivity contribution in [3.8, 4) is 0 Å². The Morgan fingerprint density at radius 2 is 2.23 bits per heavy atom. The number of likely N-dealkylation sites (N-methyl/N-ethyl adjacent to an activating group) is 1. The summed E-state index contributed by atoms with van der Waals surface area (Å²) in [6.45, 7) is 3.02. The van der Waals surface area contributed by atoms with Crippen LogP contribution in [0.5, 0.6) is 0 Å². The van der Waals surface area contributed by atoms with E-state index in [-0.39, 0.29) is 18.6 Å². The van der Waals surface area contributed by atoms with Crippen molar-refractivity contribution in [1.29, 1.82) is 0 Å². The molecule has 0 rings (SSSR count). The molecule has 0 aliphatic carbocycles. The standard InChI is InChI=1S/C8H18N2O3/c1-7(9-2)8(12)10-3-5-13-6-4-11/h7,9,11H,3-6H2,1-2H3,(H,10,12). The number of ether oxygens (including phenoxy) is 1. The summed E-state index contributed by atoms with van der Waals surface area (Å²) in [5, 5.41) is 13.9. The first-order valence-corrected chi connectivity index (χ1v) is 4.36. The third kappa shape index (κ3) is 6.51. The maximum absolute atomic E-state index is 11.1. The molecule has 0 aliphatic rings. The number of aliphatic hydroxyl groups is 1. The average molecular weight is 190 g/mol. The number of rotatable bonds is 7. The number of carbonyl (C=O) groups excluding carboxylic acids is 1. The molecule has 1 amide bonds. The SMILES string of the molecule is CNC(C)C(=O)NCCOCCO. The van der Waals surface area contributed by atoms with Crippen molar-refractivity contribution in [2.24, 2.45) is 0 Å². The van der Waals surface area contributed by atoms with Gasteiger partial charge in [0.25, 0.3) is 0 Å². The van der Waals surface area contributed by atoms with Gasteiger partial charge >= 0.3 is 0 Å². The van der Waals surface area contributed by atoms with Gasteiger partial charge in [0, 0.05) is 6.54 Å². The molecule has 0 aromatic rings. The summed E-state index contributed by atoms with van der Waals surface area (Å²) in [6, 6.07) is -0.183. The molecule has 0 aromatic heterocycles. The van der Waals surface area contributed by atoms with Crippen LogP contribution < -0.4 is 10.6 Å². The first kappa shape index (κ1) is 12.3. The Labute approximate surface area is 78.5 Å². The molecule has 0 aromatic carbocycles. The Hall–Kier alpha value is -0.650. The van der Waals surface area contributed by atoms with E-state index >= 15 is 0 Å². The lowest BCUT2D eigenvalue weighted by molar-refractivity contribution is -0.122. The minimum absolute atomic E-state index is 0.0147. The van der Waals surface area contributed by atoms with E-state index in [9.17, 15) is 4.79 Å². The number of hydrogen-bond donors (Lipinski definition) is 3. The molecule has 78 valence electrons. The van der Waals surface area contributed by atoms with Gasteiger partial charge in [0.05, 0.1) is 25.9 Å². The highest BCUT2D eigenvalue weighted by molar-refractivity contribution is 5.81. The highest BCUT2D eigenvalue weighted by atomic mass is 16.5. The Morgan fingerprint density at radius 1 is 1.54 bits per heavy atom. The van der Waals surface area contributed by atoms with Gasteiger partial charge in [0.1, 0.15) is 0 Å². The van der Waals surface area contributed by atoms with Crippen molar-refractivity contribution in [1.82, 2.24) is 10.6 Å². The molecule has 0 radical (unpaired) electrons. The van der Waals surface area contributed by atoms with E-state index in [2.05, 4.69) is 10.6 Å². The van der Waals surface area contributed by atoms with E-state index in [1.807, 2.05) is 0 Å². The third-order valence-corrected chi connectivity index (χ3v) is 1.61. The third-order valence-electron chi connectivity index (χ3n) is 1.61. The van der Waals surface area contributed by atoms with E-state index in [0.29, 0.717) is 19.8 Å². The molecule has 5 heteroatoms. The van der Waals surface area contributed by atoms with E-state index < -0.39 is 0 Å². The van der Waals surface area contributed by atoms with Gasteiger partial charge < -0.3 is 20.5 Å². The van der Waals surface area contributed by atoms with Crippen molar-refractivity contribution < 1.29 is 14.6 Å². The largest absolute Gasteiger partial charge is 0.394 e. The summed E-state index contributed by atoms with van der Waals surface area (Å²) in [7, 11) is 1.73. The number of carbonyl (C=O) groups is 1. The minimum Gasteiger partial charge on any atom is -0.394 e. The van der Waals surface area contributed by atoms with Crippen LogP contribution in [0.4, 0.5) is 0 Å². The molecular formula is C8H18N2O3. The summed E-state index contributed by atoms with van der Waals surface area (Å²) >= 11 is 0. The van der Waals surface area contributed by atoms with Crippen LogP contribution in [0.15, 0.2) is 0 Å². The molecule has 0 saturated carbocycles. The van der Waals surface area contributed by atoms with Crippen LogP contribution in [-0.4, -0.2) is 50.5 Å². The van der Waals surface area contributed by atoms with Crippen LogP contribution in [0.1, 0.15) is 6.92 Å². The molecular weight excluding hydrogens is 172 g/mol. The fourth-order valence-corrected chi connectivity index (χ4v) is 0.697. The highest BCUT2D eigenvalue weighted by Gasteiger charge is 2.07. The van der Waals surface area contributed by atoms with Gasteiger partial charge in [-0.1, -0.05) is 0 Å². The van der Waals surface area contributed by atoms with Crippen molar-refractivity contribution in [3.05, 3.63) is 0 Å². The molecule has 3 N–H and O–H groups in total. The van der Waals surface area contributed by atoms with Gasteiger partial charge in [0.2, 0.25) is 5.91 Å². The van der Waals surface area contributed by atoms with Crippen LogP contribution in [-0.2, 0) is 9.53 Å². The van der Waals surface area contributed by atoms with E-state index in [4.69, 9.17) is 9.84 Å². The summed E-state index contributed by atoms with van der Waals surface area (Å²) in [5.41, 5.74) is 0. The lowest BCUT2D eigenvalue weighted by Crippen LogP contribution is -2.41. The lowest BCUT2D eigenvalue weighted by atomic mass is 10.3. The van der Waals surface area contributed by atoms with Gasteiger partial charge in [-0.15, -0.1) is 0 Å². The maximum Gasteiger partial charge on any atom is 0.236 e. The van der Waals surface area contributed by atoms with E-state index in [0.717, 1.165) is 0 Å². The zero-order chi connectivity index (χ0) is 10.1. The normalized spacial score (nSPS) is 12.5. The van der Waals surface area contributed by atoms with Gasteiger partial charge in [-0.25, -0.2) is 0 Å². The van der Waals surface area contributed by atoms with Crippen molar-refractivity contribution in [3.63, 3.8) is 0 Å². The molecule has 1 unspecified atom stereocenters. The van der Waals surface area contributed by atoms with Gasteiger partial charge in [-0.3, -0.25) is 4.79 Å². The number of amides is 1. The van der Waals surface area contributed by atoms with Gasteiger partial charge in [-0.05, 0) is 14.0 Å². The molecule has 0 saturated heterocycles. The zero-order valence-corrected chi connectivity index (χ0v) is 8.17. The number of aliphatic hydroxyl groups excluding tert-OH is 1. The first-order valence-electron chi connectivity index (χ1n) is 4.36. The molecule has 1 atom stereocenters. The number of hydrogen-bond acceptors (Lipinski definition) is 4. The second-order valence-electron chi connectivity index (χ2n) is 2.64. The monoisotopic (exact) mass is 190 g/mol. The summed E-state index contributed by atoms with van der Waals surface area (Å²) in [6.07, 6.45) is 0. The van der Waals surface area contributed by atoms with Crippen molar-refractivity contribution in [2.45, 2.75) is 13.0 Å². The average Bonchev–Trinajstić information content (AvgIpc) is 2.16. The molecule has 5 nitrogen and oxygen atoms in total. The van der Waals surface area contributed by atoms with Gasteiger partial charge in [-0.2, -0.15) is 0 Å². The molecule has 0 spiro atoms. The highest BCUT2D eigenvalue weighted by Crippen LogP contribution is 1.79. The van der Waals surface area contributed by atoms with Crippen LogP contribution in [0.2, 0.25) is 0 Å². The predicted molar refractivity (Wildman–Crippen MR) is 49.4 cm³/mol. The lowest BCUT2D eigenvalue weighted by Gasteiger charge is -2.10. The fraction of sp³-hybridized carbons (Fsp3) is 0.875. The van der Waals surface area contributed by atoms with Crippen LogP contribution >= 0.6 is 0 Å². The second kappa shape index (κ2) is 7.97. The Balaban J connectivity index is 3.27. The molecule has 0 aliphatic heterocycles. The molecule has 0 fully saturated rings. The number of nitrogens with one attached hydrogen (secondary N) is 2. The minimum atomic E-state index is -0.183. The Morgan fingerprint density at radius 3 is 2.77 bits per heavy atom. The zero-order valence-electron chi connectivity index (χ0n) is 8.17. The second-order valence-corrected chi connectivity index (χ2v) is 2.64. The van der Waals surface area contributed by atoms with Crippen molar-refractivity contribution in [2.75, 3.05) is 33.4 Å². The van der Waals surface area contributed by atoms with Gasteiger partial charge in [0.15, 0.2) is 0 Å². The topological polar surface area (TPSA) is 70.6 Å². The first-order chi connectivity index (χ1) is 6.22. The summed E-state index contributed by atoms with van der Waals surface area (Å²) in [4.78, 5) is 11.1. The fourth-order valence-electron chi connectivity index (χ4n) is 0.697. The van der Waals surface area contributed by atoms with Crippen LogP contribution in [0, 0.1) is 0 Å². The molecule has 0 bridgehead atoms. The van der Waals surface area contributed by atoms with E-state index in [1.165, 1.54) is 0 Å². The summed E-state index contributed by atoms with van der Waals surface area (Å²) in [5.74, 6) is -0.0462. The molecule has 0 heterocycles. The molecule has 13 heavy (non-hydrogen) atoms. The van der Waals surface area contributed by atoms with Crippen LogP contribution in [0.3, 0.4) is 0 Å². The quantitative estimate of drug-likeness (QED) is 0.437. The van der Waals surface area contributed by atoms with Crippen molar-refractivity contribution >= 4 is 5.91 Å². The van der Waals surface area contributed by atoms with Crippen LogP contribution in [0.25, 0.3) is 0 Å². The smallest absolute Gasteiger partial charge is 0.236 e. The Kier molecular flexibility index (Phi) is 7.57. The Bertz CT molecular complexity index is 141. The van der Waals surface area contributed by atoms with E-state index in [1.54, 1.807) is 14.0 Å². The summed E-state index contributed by atoms with van der Waals surface area (Å²) < 4.78 is 4.96.